The van der Waals surface area contributed by atoms with E-state index in [0.717, 1.165) is 22.3 Å². The summed E-state index contributed by atoms with van der Waals surface area (Å²) in [4.78, 5) is 0. The Hall–Kier alpha value is -2.40. The number of benzene rings is 2. The molecule has 1 aliphatic rings. The molecule has 0 aromatic heterocycles. The summed E-state index contributed by atoms with van der Waals surface area (Å²) in [5, 5.41) is 12.1. The maximum atomic E-state index is 12.1. The lowest BCUT2D eigenvalue weighted by molar-refractivity contribution is 0.0355. The minimum atomic E-state index is -1.19. The Morgan fingerprint density at radius 3 is 1.03 bits per heavy atom. The summed E-state index contributed by atoms with van der Waals surface area (Å²) in [6.45, 7) is 20.0. The van der Waals surface area contributed by atoms with E-state index in [0.29, 0.717) is 23.0 Å². The van der Waals surface area contributed by atoms with E-state index in [4.69, 9.17) is 18.9 Å². The van der Waals surface area contributed by atoms with Crippen molar-refractivity contribution in [3.63, 3.8) is 0 Å². The van der Waals surface area contributed by atoms with Crippen LogP contribution in [-0.2, 0) is 5.60 Å². The SMILES string of the molecule is CC(C)Oc1cc2c(cc1OC(C)C)C(O)(C(C)C)c1cc(OC(C)C)c(OC(C)C)cc1-2. The van der Waals surface area contributed by atoms with Crippen molar-refractivity contribution in [2.75, 3.05) is 0 Å². The number of aliphatic hydroxyl groups is 1. The van der Waals surface area contributed by atoms with Crippen LogP contribution in [0.25, 0.3) is 11.1 Å². The van der Waals surface area contributed by atoms with E-state index in [1.807, 2.05) is 93.5 Å². The van der Waals surface area contributed by atoms with Gasteiger partial charge in [-0.15, -0.1) is 0 Å². The number of hydrogen-bond donors (Lipinski definition) is 1. The molecule has 0 aliphatic heterocycles. The van der Waals surface area contributed by atoms with E-state index in [2.05, 4.69) is 0 Å². The molecule has 0 spiro atoms. The summed E-state index contributed by atoms with van der Waals surface area (Å²) < 4.78 is 24.5. The zero-order chi connectivity index (χ0) is 24.7. The zero-order valence-electron chi connectivity index (χ0n) is 21.8. The Balaban J connectivity index is 2.31. The highest BCUT2D eigenvalue weighted by Gasteiger charge is 2.46. The molecule has 0 unspecified atom stereocenters. The van der Waals surface area contributed by atoms with Crippen molar-refractivity contribution in [3.8, 4) is 34.1 Å². The van der Waals surface area contributed by atoms with Gasteiger partial charge in [-0.05, 0) is 96.7 Å². The molecule has 33 heavy (non-hydrogen) atoms. The van der Waals surface area contributed by atoms with Crippen LogP contribution in [0.2, 0.25) is 0 Å². The normalized spacial score (nSPS) is 14.3. The van der Waals surface area contributed by atoms with Crippen molar-refractivity contribution in [2.24, 2.45) is 5.92 Å². The monoisotopic (exact) mass is 456 g/mol. The average Bonchev–Trinajstić information content (AvgIpc) is 2.89. The molecule has 0 radical (unpaired) electrons. The van der Waals surface area contributed by atoms with Gasteiger partial charge in [0.1, 0.15) is 5.60 Å². The first-order chi connectivity index (χ1) is 15.3. The fraction of sp³-hybridized carbons (Fsp3) is 0.571. The highest BCUT2D eigenvalue weighted by atomic mass is 16.5. The molecule has 3 rings (SSSR count). The van der Waals surface area contributed by atoms with Gasteiger partial charge in [0.2, 0.25) is 0 Å². The topological polar surface area (TPSA) is 57.2 Å². The molecule has 2 aromatic rings. The number of ether oxygens (including phenoxy) is 4. The lowest BCUT2D eigenvalue weighted by Gasteiger charge is -2.31. The van der Waals surface area contributed by atoms with Crippen LogP contribution in [0.4, 0.5) is 0 Å². The summed E-state index contributed by atoms with van der Waals surface area (Å²) in [5.41, 5.74) is 2.30. The van der Waals surface area contributed by atoms with Crippen LogP contribution in [0.15, 0.2) is 24.3 Å². The van der Waals surface area contributed by atoms with Crippen LogP contribution >= 0.6 is 0 Å². The predicted molar refractivity (Wildman–Crippen MR) is 133 cm³/mol. The Kier molecular flexibility index (Phi) is 7.23. The highest BCUT2D eigenvalue weighted by molar-refractivity contribution is 5.84. The second-order valence-corrected chi connectivity index (χ2v) is 10.3. The second-order valence-electron chi connectivity index (χ2n) is 10.3. The molecule has 0 bridgehead atoms. The van der Waals surface area contributed by atoms with Gasteiger partial charge < -0.3 is 24.1 Å². The Bertz CT molecular complexity index is 915. The standard InChI is InChI=1S/C28H40O5/c1-15(2)28(29)22-13-26(32-18(7)8)24(30-16(3)4)11-20(22)21-12-25(31-17(5)6)27(14-23(21)28)33-19(9)10/h11-19,29H,1-10H3. The summed E-state index contributed by atoms with van der Waals surface area (Å²) in [5.74, 6) is 2.55. The molecule has 0 fully saturated rings. The maximum absolute atomic E-state index is 12.1. The molecule has 182 valence electrons. The fourth-order valence-corrected chi connectivity index (χ4v) is 4.35. The molecule has 1 aliphatic carbocycles. The first-order valence-electron chi connectivity index (χ1n) is 12.1. The Morgan fingerprint density at radius 1 is 0.515 bits per heavy atom. The van der Waals surface area contributed by atoms with E-state index >= 15 is 0 Å². The first kappa shape index (κ1) is 25.2. The van der Waals surface area contributed by atoms with Crippen molar-refractivity contribution in [1.82, 2.24) is 0 Å². The summed E-state index contributed by atoms with van der Waals surface area (Å²) in [6.07, 6.45) is -0.0655. The number of rotatable bonds is 9. The fourth-order valence-electron chi connectivity index (χ4n) is 4.35. The third-order valence-electron chi connectivity index (χ3n) is 5.57. The van der Waals surface area contributed by atoms with Gasteiger partial charge >= 0.3 is 0 Å². The van der Waals surface area contributed by atoms with Gasteiger partial charge in [-0.3, -0.25) is 0 Å². The maximum Gasteiger partial charge on any atom is 0.162 e. The van der Waals surface area contributed by atoms with E-state index in [1.54, 1.807) is 0 Å². The third kappa shape index (κ3) is 4.93. The van der Waals surface area contributed by atoms with Crippen molar-refractivity contribution < 1.29 is 24.1 Å². The van der Waals surface area contributed by atoms with Crippen LogP contribution in [0.5, 0.6) is 23.0 Å². The molecule has 0 saturated carbocycles. The van der Waals surface area contributed by atoms with Crippen LogP contribution < -0.4 is 18.9 Å². The summed E-state index contributed by atoms with van der Waals surface area (Å²) >= 11 is 0. The van der Waals surface area contributed by atoms with Crippen molar-refractivity contribution >= 4 is 0 Å². The van der Waals surface area contributed by atoms with Gasteiger partial charge in [0.15, 0.2) is 23.0 Å². The van der Waals surface area contributed by atoms with Crippen LogP contribution in [-0.4, -0.2) is 29.5 Å². The van der Waals surface area contributed by atoms with Crippen molar-refractivity contribution in [2.45, 2.75) is 99.3 Å². The quantitative estimate of drug-likeness (QED) is 0.454. The average molecular weight is 457 g/mol. The van der Waals surface area contributed by atoms with Gasteiger partial charge in [0, 0.05) is 11.1 Å². The molecule has 0 saturated heterocycles. The lowest BCUT2D eigenvalue weighted by atomic mass is 9.81. The summed E-state index contributed by atoms with van der Waals surface area (Å²) in [7, 11) is 0. The van der Waals surface area contributed by atoms with Gasteiger partial charge in [-0.2, -0.15) is 0 Å². The molecule has 5 heteroatoms. The Labute approximate surface area is 199 Å². The van der Waals surface area contributed by atoms with Gasteiger partial charge in [0.25, 0.3) is 0 Å². The van der Waals surface area contributed by atoms with E-state index in [9.17, 15) is 5.11 Å². The summed E-state index contributed by atoms with van der Waals surface area (Å²) in [6, 6.07) is 7.88. The van der Waals surface area contributed by atoms with Gasteiger partial charge in [0.05, 0.1) is 24.4 Å². The van der Waals surface area contributed by atoms with E-state index < -0.39 is 5.60 Å². The molecule has 0 heterocycles. The molecule has 2 aromatic carbocycles. The minimum Gasteiger partial charge on any atom is -0.487 e. The van der Waals surface area contributed by atoms with Gasteiger partial charge in [-0.25, -0.2) is 0 Å². The van der Waals surface area contributed by atoms with E-state index in [-0.39, 0.29) is 30.3 Å². The first-order valence-corrected chi connectivity index (χ1v) is 12.1. The Morgan fingerprint density at radius 2 is 0.788 bits per heavy atom. The van der Waals surface area contributed by atoms with Crippen LogP contribution in [0.3, 0.4) is 0 Å². The second kappa shape index (κ2) is 9.46. The highest BCUT2D eigenvalue weighted by Crippen LogP contribution is 2.56. The van der Waals surface area contributed by atoms with Crippen molar-refractivity contribution in [3.05, 3.63) is 35.4 Å². The predicted octanol–water partition coefficient (Wildman–Crippen LogP) is 6.71. The minimum absolute atomic E-state index is 0.0101. The molecule has 1 N–H and O–H groups in total. The lowest BCUT2D eigenvalue weighted by Crippen LogP contribution is -2.31. The van der Waals surface area contributed by atoms with Crippen LogP contribution in [0.1, 0.15) is 80.4 Å². The van der Waals surface area contributed by atoms with Crippen LogP contribution in [0, 0.1) is 5.92 Å². The third-order valence-corrected chi connectivity index (χ3v) is 5.57. The molecule has 0 atom stereocenters. The van der Waals surface area contributed by atoms with Crippen molar-refractivity contribution in [1.29, 1.82) is 0 Å². The number of hydrogen-bond acceptors (Lipinski definition) is 5. The molecule has 0 amide bonds. The molecular weight excluding hydrogens is 416 g/mol. The molecular formula is C28H40O5. The molecule has 5 nitrogen and oxygen atoms in total. The number of fused-ring (bicyclic) bond motifs is 3. The van der Waals surface area contributed by atoms with E-state index in [1.165, 1.54) is 0 Å². The zero-order valence-corrected chi connectivity index (χ0v) is 21.8. The smallest absolute Gasteiger partial charge is 0.162 e. The largest absolute Gasteiger partial charge is 0.487 e. The van der Waals surface area contributed by atoms with Gasteiger partial charge in [-0.1, -0.05) is 13.8 Å².